The van der Waals surface area contributed by atoms with E-state index in [-0.39, 0.29) is 22.9 Å². The largest absolute Gasteiger partial charge is 0.325 e. The van der Waals surface area contributed by atoms with Gasteiger partial charge in [0.1, 0.15) is 0 Å². The predicted molar refractivity (Wildman–Crippen MR) is 105 cm³/mol. The molecule has 2 N–H and O–H groups in total. The van der Waals surface area contributed by atoms with Gasteiger partial charge in [0.2, 0.25) is 15.9 Å². The summed E-state index contributed by atoms with van der Waals surface area (Å²) in [4.78, 5) is 15.0. The Balaban J connectivity index is 2.01. The molecular formula is C19H31N3O3S. The molecule has 1 amide bonds. The van der Waals surface area contributed by atoms with Crippen molar-refractivity contribution >= 4 is 21.6 Å². The lowest BCUT2D eigenvalue weighted by atomic mass is 9.91. The maximum Gasteiger partial charge on any atom is 0.241 e. The number of nitrogens with one attached hydrogen (secondary N) is 2. The van der Waals surface area contributed by atoms with Crippen LogP contribution in [0.4, 0.5) is 5.69 Å². The zero-order valence-electron chi connectivity index (χ0n) is 16.3. The van der Waals surface area contributed by atoms with Gasteiger partial charge in [-0.2, -0.15) is 0 Å². The van der Waals surface area contributed by atoms with Crippen LogP contribution < -0.4 is 10.0 Å². The number of benzene rings is 1. The summed E-state index contributed by atoms with van der Waals surface area (Å²) in [5.41, 5.74) is 0.600. The van der Waals surface area contributed by atoms with Crippen molar-refractivity contribution in [2.45, 2.75) is 58.0 Å². The van der Waals surface area contributed by atoms with Gasteiger partial charge in [-0.3, -0.25) is 9.69 Å². The number of nitrogens with zero attached hydrogens (tertiary/aromatic N) is 1. The molecule has 1 aromatic carbocycles. The molecule has 0 spiro atoms. The molecule has 1 aliphatic rings. The van der Waals surface area contributed by atoms with Crippen molar-refractivity contribution in [2.24, 2.45) is 11.8 Å². The second-order valence-electron chi connectivity index (χ2n) is 7.87. The van der Waals surface area contributed by atoms with E-state index >= 15 is 0 Å². The van der Waals surface area contributed by atoms with E-state index in [0.29, 0.717) is 17.5 Å². The SMILES string of the molecule is CC(C)NS(=O)(=O)c1ccc(NC(=O)[C@H](C)N2C[C@H](C)C[C@H](C)C2)cc1. The topological polar surface area (TPSA) is 78.5 Å². The maximum absolute atomic E-state index is 12.6. The number of piperidine rings is 1. The van der Waals surface area contributed by atoms with E-state index in [1.807, 2.05) is 6.92 Å². The molecule has 0 radical (unpaired) electrons. The number of likely N-dealkylation sites (tertiary alicyclic amines) is 1. The Hall–Kier alpha value is -1.44. The summed E-state index contributed by atoms with van der Waals surface area (Å²) in [5.74, 6) is 1.11. The number of amides is 1. The molecule has 26 heavy (non-hydrogen) atoms. The van der Waals surface area contributed by atoms with Crippen LogP contribution in [0.1, 0.15) is 41.0 Å². The molecular weight excluding hydrogens is 350 g/mol. The minimum absolute atomic E-state index is 0.0674. The second kappa shape index (κ2) is 8.50. The van der Waals surface area contributed by atoms with Crippen molar-refractivity contribution in [1.82, 2.24) is 9.62 Å². The lowest BCUT2D eigenvalue weighted by Gasteiger charge is -2.38. The molecule has 0 unspecified atom stereocenters. The first-order valence-electron chi connectivity index (χ1n) is 9.25. The fraction of sp³-hybridized carbons (Fsp3) is 0.632. The maximum atomic E-state index is 12.6. The van der Waals surface area contributed by atoms with Crippen LogP contribution in [0.15, 0.2) is 29.2 Å². The van der Waals surface area contributed by atoms with Crippen LogP contribution in [0, 0.1) is 11.8 Å². The third-order valence-corrected chi connectivity index (χ3v) is 6.32. The van der Waals surface area contributed by atoms with Crippen LogP contribution in [-0.4, -0.2) is 44.4 Å². The van der Waals surface area contributed by atoms with Gasteiger partial charge in [-0.1, -0.05) is 13.8 Å². The first-order chi connectivity index (χ1) is 12.1. The van der Waals surface area contributed by atoms with Crippen molar-refractivity contribution < 1.29 is 13.2 Å². The summed E-state index contributed by atoms with van der Waals surface area (Å²) < 4.78 is 26.8. The van der Waals surface area contributed by atoms with E-state index < -0.39 is 10.0 Å². The highest BCUT2D eigenvalue weighted by molar-refractivity contribution is 7.89. The van der Waals surface area contributed by atoms with Crippen molar-refractivity contribution in [3.8, 4) is 0 Å². The Morgan fingerprint density at radius 1 is 1.08 bits per heavy atom. The van der Waals surface area contributed by atoms with Crippen LogP contribution in [0.5, 0.6) is 0 Å². The van der Waals surface area contributed by atoms with E-state index in [1.165, 1.54) is 18.6 Å². The molecule has 1 aromatic rings. The minimum atomic E-state index is -3.52. The average molecular weight is 382 g/mol. The monoisotopic (exact) mass is 381 g/mol. The third kappa shape index (κ3) is 5.53. The van der Waals surface area contributed by atoms with Crippen LogP contribution >= 0.6 is 0 Å². The fourth-order valence-electron chi connectivity index (χ4n) is 3.54. The van der Waals surface area contributed by atoms with Crippen LogP contribution in [0.25, 0.3) is 0 Å². The summed E-state index contributed by atoms with van der Waals surface area (Å²) >= 11 is 0. The molecule has 1 aliphatic heterocycles. The summed E-state index contributed by atoms with van der Waals surface area (Å²) in [5, 5.41) is 2.89. The van der Waals surface area contributed by atoms with Gasteiger partial charge in [-0.25, -0.2) is 13.1 Å². The van der Waals surface area contributed by atoms with E-state index in [4.69, 9.17) is 0 Å². The molecule has 0 saturated carbocycles. The van der Waals surface area contributed by atoms with Crippen LogP contribution in [-0.2, 0) is 14.8 Å². The molecule has 7 heteroatoms. The highest BCUT2D eigenvalue weighted by atomic mass is 32.2. The molecule has 0 aliphatic carbocycles. The Morgan fingerprint density at radius 2 is 1.62 bits per heavy atom. The van der Waals surface area contributed by atoms with Gasteiger partial charge in [0, 0.05) is 24.8 Å². The second-order valence-corrected chi connectivity index (χ2v) is 9.58. The highest BCUT2D eigenvalue weighted by Crippen LogP contribution is 2.23. The fourth-order valence-corrected chi connectivity index (χ4v) is 4.79. The van der Waals surface area contributed by atoms with Gasteiger partial charge < -0.3 is 5.32 Å². The first kappa shape index (κ1) is 20.9. The Kier molecular flexibility index (Phi) is 6.82. The molecule has 1 fully saturated rings. The van der Waals surface area contributed by atoms with Gasteiger partial charge in [0.15, 0.2) is 0 Å². The quantitative estimate of drug-likeness (QED) is 0.794. The van der Waals surface area contributed by atoms with Gasteiger partial charge in [-0.05, 0) is 63.3 Å². The number of hydrogen-bond donors (Lipinski definition) is 2. The lowest BCUT2D eigenvalue weighted by Crippen LogP contribution is -2.48. The van der Waals surface area contributed by atoms with Crippen LogP contribution in [0.2, 0.25) is 0 Å². The number of rotatable bonds is 6. The summed E-state index contributed by atoms with van der Waals surface area (Å²) in [6.07, 6.45) is 1.20. The van der Waals surface area contributed by atoms with E-state index in [9.17, 15) is 13.2 Å². The molecule has 2 rings (SSSR count). The number of carbonyl (C=O) groups excluding carboxylic acids is 1. The standard InChI is InChI=1S/C19H31N3O3S/c1-13(2)21-26(24,25)18-8-6-17(7-9-18)20-19(23)16(5)22-11-14(3)10-15(4)12-22/h6-9,13-16,21H,10-12H2,1-5H3,(H,20,23)/t14-,15+,16-/m0/s1. The minimum Gasteiger partial charge on any atom is -0.325 e. The summed E-state index contributed by atoms with van der Waals surface area (Å²) in [7, 11) is -3.52. The molecule has 1 heterocycles. The zero-order chi connectivity index (χ0) is 19.5. The lowest BCUT2D eigenvalue weighted by molar-refractivity contribution is -0.121. The van der Waals surface area contributed by atoms with Crippen molar-refractivity contribution in [1.29, 1.82) is 0 Å². The van der Waals surface area contributed by atoms with Gasteiger partial charge in [0.05, 0.1) is 10.9 Å². The van der Waals surface area contributed by atoms with Crippen molar-refractivity contribution in [2.75, 3.05) is 18.4 Å². The summed E-state index contributed by atoms with van der Waals surface area (Å²) in [6, 6.07) is 5.88. The normalized spacial score (nSPS) is 23.0. The first-order valence-corrected chi connectivity index (χ1v) is 10.7. The Labute approximate surface area is 157 Å². The molecule has 3 atom stereocenters. The Bertz CT molecular complexity index is 706. The van der Waals surface area contributed by atoms with Crippen LogP contribution in [0.3, 0.4) is 0 Å². The van der Waals surface area contributed by atoms with E-state index in [2.05, 4.69) is 28.8 Å². The van der Waals surface area contributed by atoms with E-state index in [1.54, 1.807) is 26.0 Å². The number of carbonyl (C=O) groups is 1. The zero-order valence-corrected chi connectivity index (χ0v) is 17.1. The van der Waals surface area contributed by atoms with E-state index in [0.717, 1.165) is 13.1 Å². The smallest absolute Gasteiger partial charge is 0.241 e. The molecule has 0 bridgehead atoms. The average Bonchev–Trinajstić information content (AvgIpc) is 2.52. The number of anilines is 1. The Morgan fingerprint density at radius 3 is 2.12 bits per heavy atom. The van der Waals surface area contributed by atoms with Gasteiger partial charge >= 0.3 is 0 Å². The number of sulfonamides is 1. The molecule has 1 saturated heterocycles. The molecule has 0 aromatic heterocycles. The predicted octanol–water partition coefficient (Wildman–Crippen LogP) is 2.68. The van der Waals surface area contributed by atoms with Crippen molar-refractivity contribution in [3.05, 3.63) is 24.3 Å². The molecule has 6 nitrogen and oxygen atoms in total. The summed E-state index contributed by atoms with van der Waals surface area (Å²) in [6.45, 7) is 11.8. The van der Waals surface area contributed by atoms with Crippen molar-refractivity contribution in [3.63, 3.8) is 0 Å². The number of hydrogen-bond acceptors (Lipinski definition) is 4. The highest BCUT2D eigenvalue weighted by Gasteiger charge is 2.28. The van der Waals surface area contributed by atoms with Gasteiger partial charge in [0.25, 0.3) is 0 Å². The molecule has 146 valence electrons. The van der Waals surface area contributed by atoms with Gasteiger partial charge in [-0.15, -0.1) is 0 Å². The third-order valence-electron chi connectivity index (χ3n) is 4.65.